The van der Waals surface area contributed by atoms with E-state index in [1.807, 2.05) is 53.2 Å². The van der Waals surface area contributed by atoms with Crippen molar-refractivity contribution in [3.05, 3.63) is 95.9 Å². The quantitative estimate of drug-likeness (QED) is 0.386. The molecule has 8 heteroatoms. The average molecular weight is 439 g/mol. The molecule has 31 heavy (non-hydrogen) atoms. The van der Waals surface area contributed by atoms with Gasteiger partial charge in [-0.05, 0) is 42.0 Å². The van der Waals surface area contributed by atoms with E-state index in [1.54, 1.807) is 30.0 Å². The Morgan fingerprint density at radius 3 is 2.61 bits per heavy atom. The first-order valence-electron chi connectivity index (χ1n) is 9.55. The molecule has 0 aliphatic carbocycles. The molecule has 0 aliphatic rings. The smallest absolute Gasteiger partial charge is 0.387 e. The Labute approximate surface area is 182 Å². The lowest BCUT2D eigenvalue weighted by Crippen LogP contribution is -2.23. The van der Waals surface area contributed by atoms with Gasteiger partial charge < -0.3 is 14.5 Å². The molecule has 5 nitrogen and oxygen atoms in total. The molecule has 2 aromatic heterocycles. The van der Waals surface area contributed by atoms with Gasteiger partial charge >= 0.3 is 6.61 Å². The largest absolute Gasteiger partial charge is 0.435 e. The summed E-state index contributed by atoms with van der Waals surface area (Å²) in [5, 5.41) is 2.87. The number of halogens is 2. The zero-order valence-electron chi connectivity index (χ0n) is 16.4. The van der Waals surface area contributed by atoms with E-state index in [9.17, 15) is 13.6 Å². The second-order valence-corrected chi connectivity index (χ2v) is 7.71. The highest BCUT2D eigenvalue weighted by molar-refractivity contribution is 7.98. The number of fused-ring (bicyclic) bond motifs is 1. The molecule has 4 aromatic rings. The van der Waals surface area contributed by atoms with Crippen molar-refractivity contribution in [1.29, 1.82) is 0 Å². The van der Waals surface area contributed by atoms with Gasteiger partial charge in [0.05, 0.1) is 11.3 Å². The summed E-state index contributed by atoms with van der Waals surface area (Å²) in [7, 11) is 0. The zero-order chi connectivity index (χ0) is 21.6. The number of ether oxygens (including phenoxy) is 1. The number of benzene rings is 2. The number of nitrogens with zero attached hydrogens (tertiary/aromatic N) is 2. The number of pyridine rings is 1. The van der Waals surface area contributed by atoms with E-state index in [-0.39, 0.29) is 18.2 Å². The van der Waals surface area contributed by atoms with Crippen LogP contribution < -0.4 is 10.1 Å². The highest BCUT2D eigenvalue weighted by Gasteiger charge is 2.12. The van der Waals surface area contributed by atoms with Crippen LogP contribution in [0.3, 0.4) is 0 Å². The van der Waals surface area contributed by atoms with Crippen molar-refractivity contribution in [2.24, 2.45) is 0 Å². The van der Waals surface area contributed by atoms with Crippen LogP contribution in [0.25, 0.3) is 5.65 Å². The van der Waals surface area contributed by atoms with E-state index in [0.717, 1.165) is 21.8 Å². The van der Waals surface area contributed by atoms with Gasteiger partial charge in [-0.15, -0.1) is 11.8 Å². The first kappa shape index (κ1) is 20.9. The zero-order valence-corrected chi connectivity index (χ0v) is 17.2. The normalized spacial score (nSPS) is 11.1. The standard InChI is InChI=1S/C23H19F2N3O2S/c24-23(25)30-18-10-8-16(9-11-18)13-26-22(29)19-5-1-2-6-20(19)31-15-17-14-28-12-4-3-7-21(28)27-17/h1-12,14,23H,13,15H2,(H,26,29). The van der Waals surface area contributed by atoms with Crippen molar-refractivity contribution >= 4 is 23.3 Å². The number of alkyl halides is 2. The molecule has 0 aliphatic heterocycles. The van der Waals surface area contributed by atoms with Gasteiger partial charge in [0.1, 0.15) is 11.4 Å². The first-order valence-corrected chi connectivity index (χ1v) is 10.5. The fourth-order valence-electron chi connectivity index (χ4n) is 3.05. The predicted molar refractivity (Wildman–Crippen MR) is 115 cm³/mol. The van der Waals surface area contributed by atoms with Crippen LogP contribution in [-0.4, -0.2) is 21.9 Å². The molecular formula is C23H19F2N3O2S. The van der Waals surface area contributed by atoms with Gasteiger partial charge in [0.2, 0.25) is 0 Å². The summed E-state index contributed by atoms with van der Waals surface area (Å²) in [4.78, 5) is 18.2. The Kier molecular flexibility index (Phi) is 6.47. The summed E-state index contributed by atoms with van der Waals surface area (Å²) in [6.45, 7) is -2.58. The number of nitrogens with one attached hydrogen (secondary N) is 1. The van der Waals surface area contributed by atoms with Crippen LogP contribution in [0.2, 0.25) is 0 Å². The second kappa shape index (κ2) is 9.61. The van der Waals surface area contributed by atoms with Crippen LogP contribution >= 0.6 is 11.8 Å². The van der Waals surface area contributed by atoms with Crippen molar-refractivity contribution < 1.29 is 18.3 Å². The third-order valence-corrected chi connectivity index (χ3v) is 5.63. The second-order valence-electron chi connectivity index (χ2n) is 6.69. The van der Waals surface area contributed by atoms with E-state index in [1.165, 1.54) is 12.1 Å². The fourth-order valence-corrected chi connectivity index (χ4v) is 3.99. The van der Waals surface area contributed by atoms with Crippen molar-refractivity contribution in [1.82, 2.24) is 14.7 Å². The van der Waals surface area contributed by atoms with E-state index in [4.69, 9.17) is 0 Å². The molecule has 0 atom stereocenters. The number of carbonyl (C=O) groups is 1. The molecule has 1 amide bonds. The molecule has 0 spiro atoms. The number of imidazole rings is 1. The molecule has 4 rings (SSSR count). The average Bonchev–Trinajstić information content (AvgIpc) is 3.20. The van der Waals surface area contributed by atoms with Crippen LogP contribution in [0.5, 0.6) is 5.75 Å². The van der Waals surface area contributed by atoms with Gasteiger partial charge in [-0.2, -0.15) is 8.78 Å². The van der Waals surface area contributed by atoms with Crippen molar-refractivity contribution in [3.8, 4) is 5.75 Å². The third kappa shape index (κ3) is 5.40. The molecule has 1 N–H and O–H groups in total. The number of thioether (sulfide) groups is 1. The van der Waals surface area contributed by atoms with Gasteiger partial charge in [0, 0.05) is 29.6 Å². The minimum atomic E-state index is -2.86. The van der Waals surface area contributed by atoms with E-state index >= 15 is 0 Å². The van der Waals surface area contributed by atoms with Gasteiger partial charge in [-0.1, -0.05) is 30.3 Å². The van der Waals surface area contributed by atoms with Crippen molar-refractivity contribution in [2.75, 3.05) is 0 Å². The lowest BCUT2D eigenvalue weighted by molar-refractivity contribution is -0.0498. The van der Waals surface area contributed by atoms with Crippen molar-refractivity contribution in [2.45, 2.75) is 23.8 Å². The molecule has 0 saturated heterocycles. The highest BCUT2D eigenvalue weighted by Crippen LogP contribution is 2.26. The minimum absolute atomic E-state index is 0.0822. The maximum Gasteiger partial charge on any atom is 0.387 e. The molecule has 0 radical (unpaired) electrons. The van der Waals surface area contributed by atoms with Gasteiger partial charge in [-0.25, -0.2) is 4.98 Å². The maximum absolute atomic E-state index is 12.7. The fraction of sp³-hybridized carbons (Fsp3) is 0.130. The summed E-state index contributed by atoms with van der Waals surface area (Å²) in [5.74, 6) is 0.516. The molecule has 2 heterocycles. The topological polar surface area (TPSA) is 55.6 Å². The first-order chi connectivity index (χ1) is 15.1. The van der Waals surface area contributed by atoms with Gasteiger partial charge in [-0.3, -0.25) is 4.79 Å². The van der Waals surface area contributed by atoms with Crippen LogP contribution in [0.4, 0.5) is 8.78 Å². The van der Waals surface area contributed by atoms with E-state index < -0.39 is 6.61 Å². The lowest BCUT2D eigenvalue weighted by Gasteiger charge is -2.10. The van der Waals surface area contributed by atoms with E-state index in [2.05, 4.69) is 15.0 Å². The Bertz CT molecular complexity index is 1150. The molecule has 0 unspecified atom stereocenters. The Hall–Kier alpha value is -3.39. The maximum atomic E-state index is 12.7. The Morgan fingerprint density at radius 1 is 1.06 bits per heavy atom. The SMILES string of the molecule is O=C(NCc1ccc(OC(F)F)cc1)c1ccccc1SCc1cn2ccccc2n1. The summed E-state index contributed by atoms with van der Waals surface area (Å²) >= 11 is 1.55. The van der Waals surface area contributed by atoms with Crippen LogP contribution in [0, 0.1) is 0 Å². The number of aromatic nitrogens is 2. The lowest BCUT2D eigenvalue weighted by atomic mass is 10.2. The number of amides is 1. The van der Waals surface area contributed by atoms with Crippen LogP contribution in [0.1, 0.15) is 21.6 Å². The third-order valence-electron chi connectivity index (χ3n) is 4.52. The summed E-state index contributed by atoms with van der Waals surface area (Å²) in [6.07, 6.45) is 3.93. The molecular weight excluding hydrogens is 420 g/mol. The Balaban J connectivity index is 1.38. The van der Waals surface area contributed by atoms with Crippen LogP contribution in [-0.2, 0) is 12.3 Å². The number of rotatable bonds is 8. The molecule has 158 valence electrons. The van der Waals surface area contributed by atoms with Gasteiger partial charge in [0.15, 0.2) is 0 Å². The van der Waals surface area contributed by atoms with Crippen molar-refractivity contribution in [3.63, 3.8) is 0 Å². The summed E-state index contributed by atoms with van der Waals surface area (Å²) < 4.78 is 30.8. The molecule has 0 bridgehead atoms. The molecule has 0 saturated carbocycles. The predicted octanol–water partition coefficient (Wildman–Crippen LogP) is 5.16. The van der Waals surface area contributed by atoms with Gasteiger partial charge in [0.25, 0.3) is 5.91 Å². The summed E-state index contributed by atoms with van der Waals surface area (Å²) in [5.41, 5.74) is 3.17. The molecule has 2 aromatic carbocycles. The number of hydrogen-bond donors (Lipinski definition) is 1. The number of hydrogen-bond acceptors (Lipinski definition) is 4. The minimum Gasteiger partial charge on any atom is -0.435 e. The summed E-state index contributed by atoms with van der Waals surface area (Å²) in [6, 6.07) is 19.4. The highest BCUT2D eigenvalue weighted by atomic mass is 32.2. The monoisotopic (exact) mass is 439 g/mol. The van der Waals surface area contributed by atoms with E-state index in [0.29, 0.717) is 11.3 Å². The Morgan fingerprint density at radius 2 is 1.84 bits per heavy atom. The number of carbonyl (C=O) groups excluding carboxylic acids is 1. The van der Waals surface area contributed by atoms with Crippen LogP contribution in [0.15, 0.2) is 84.0 Å². The molecule has 0 fully saturated rings.